The van der Waals surface area contributed by atoms with Crippen LogP contribution in [0.5, 0.6) is 0 Å². The summed E-state index contributed by atoms with van der Waals surface area (Å²) < 4.78 is 1.40. The molecule has 1 amide bonds. The van der Waals surface area contributed by atoms with E-state index in [1.807, 2.05) is 13.0 Å². The Balaban J connectivity index is 1.72. The van der Waals surface area contributed by atoms with Crippen molar-refractivity contribution in [2.75, 3.05) is 0 Å². The number of benzene rings is 1. The third-order valence-electron chi connectivity index (χ3n) is 5.38. The summed E-state index contributed by atoms with van der Waals surface area (Å²) in [4.78, 5) is 41.1. The quantitative estimate of drug-likeness (QED) is 0.786. The zero-order chi connectivity index (χ0) is 19.4. The molecule has 0 spiro atoms. The standard InChI is InChI=1S/C20H25N3O4/c1-14-7-6-8-15-17(14)21-13-23(18(15)25)12-9-16(24)22-20(19(26)27)10-4-2-3-5-11-20/h6-8,13H,2-5,9-12H2,1H3,(H,22,24)(H,26,27). The number of aliphatic carboxylic acids is 1. The zero-order valence-corrected chi connectivity index (χ0v) is 15.5. The maximum atomic E-state index is 12.6. The fourth-order valence-electron chi connectivity index (χ4n) is 3.77. The number of hydrogen-bond acceptors (Lipinski definition) is 4. The van der Waals surface area contributed by atoms with Crippen LogP contribution in [-0.4, -0.2) is 32.1 Å². The normalized spacial score (nSPS) is 16.6. The highest BCUT2D eigenvalue weighted by atomic mass is 16.4. The molecule has 2 aromatic rings. The highest BCUT2D eigenvalue weighted by Gasteiger charge is 2.39. The lowest BCUT2D eigenvalue weighted by molar-refractivity contribution is -0.148. The number of carbonyl (C=O) groups excluding carboxylic acids is 1. The van der Waals surface area contributed by atoms with Crippen molar-refractivity contribution < 1.29 is 14.7 Å². The summed E-state index contributed by atoms with van der Waals surface area (Å²) >= 11 is 0. The van der Waals surface area contributed by atoms with Crippen molar-refractivity contribution >= 4 is 22.8 Å². The monoisotopic (exact) mass is 371 g/mol. The summed E-state index contributed by atoms with van der Waals surface area (Å²) in [6, 6.07) is 5.42. The van der Waals surface area contributed by atoms with Crippen LogP contribution in [0.1, 0.15) is 50.5 Å². The van der Waals surface area contributed by atoms with Crippen molar-refractivity contribution in [1.82, 2.24) is 14.9 Å². The number of carbonyl (C=O) groups is 2. The Labute approximate surface area is 157 Å². The van der Waals surface area contributed by atoms with Gasteiger partial charge in [0.05, 0.1) is 17.2 Å². The highest BCUT2D eigenvalue weighted by Crippen LogP contribution is 2.27. The van der Waals surface area contributed by atoms with Crippen LogP contribution in [0.3, 0.4) is 0 Å². The first-order chi connectivity index (χ1) is 12.9. The van der Waals surface area contributed by atoms with Gasteiger partial charge in [-0.25, -0.2) is 9.78 Å². The molecule has 0 bridgehead atoms. The molecule has 0 unspecified atom stereocenters. The minimum atomic E-state index is -1.18. The molecule has 1 aromatic heterocycles. The third-order valence-corrected chi connectivity index (χ3v) is 5.38. The van der Waals surface area contributed by atoms with E-state index in [1.165, 1.54) is 10.9 Å². The fourth-order valence-corrected chi connectivity index (χ4v) is 3.77. The van der Waals surface area contributed by atoms with Crippen LogP contribution < -0.4 is 10.9 Å². The Morgan fingerprint density at radius 1 is 1.22 bits per heavy atom. The summed E-state index contributed by atoms with van der Waals surface area (Å²) in [5.74, 6) is -1.33. The summed E-state index contributed by atoms with van der Waals surface area (Å²) in [5.41, 5.74) is 0.203. The van der Waals surface area contributed by atoms with Gasteiger partial charge in [0.15, 0.2) is 0 Å². The molecule has 1 saturated carbocycles. The number of amides is 1. The molecule has 7 nitrogen and oxygen atoms in total. The molecule has 0 saturated heterocycles. The SMILES string of the molecule is Cc1cccc2c(=O)n(CCC(=O)NC3(C(=O)O)CCCCCC3)cnc12. The molecule has 7 heteroatoms. The van der Waals surface area contributed by atoms with E-state index in [2.05, 4.69) is 10.3 Å². The lowest BCUT2D eigenvalue weighted by Gasteiger charge is -2.29. The topological polar surface area (TPSA) is 101 Å². The number of rotatable bonds is 5. The smallest absolute Gasteiger partial charge is 0.329 e. The van der Waals surface area contributed by atoms with Crippen LogP contribution >= 0.6 is 0 Å². The van der Waals surface area contributed by atoms with Crippen LogP contribution in [0.15, 0.2) is 29.3 Å². The number of hydrogen-bond donors (Lipinski definition) is 2. The summed E-state index contributed by atoms with van der Waals surface area (Å²) in [6.45, 7) is 2.06. The molecule has 3 rings (SSSR count). The number of nitrogens with one attached hydrogen (secondary N) is 1. The van der Waals surface area contributed by atoms with E-state index in [1.54, 1.807) is 12.1 Å². The van der Waals surface area contributed by atoms with Crippen molar-refractivity contribution in [2.45, 2.75) is 64.0 Å². The van der Waals surface area contributed by atoms with Gasteiger partial charge in [0.25, 0.3) is 5.56 Å². The number of fused-ring (bicyclic) bond motifs is 1. The number of carboxylic acids is 1. The highest BCUT2D eigenvalue weighted by molar-refractivity contribution is 5.87. The average molecular weight is 371 g/mol. The maximum Gasteiger partial charge on any atom is 0.329 e. The molecule has 0 radical (unpaired) electrons. The largest absolute Gasteiger partial charge is 0.480 e. The summed E-state index contributed by atoms with van der Waals surface area (Å²) in [7, 11) is 0. The Morgan fingerprint density at radius 3 is 2.59 bits per heavy atom. The van der Waals surface area contributed by atoms with Gasteiger partial charge in [-0.1, -0.05) is 37.8 Å². The molecule has 2 N–H and O–H groups in total. The molecule has 1 heterocycles. The molecular formula is C20H25N3O4. The lowest BCUT2D eigenvalue weighted by Crippen LogP contribution is -2.54. The van der Waals surface area contributed by atoms with Crippen LogP contribution in [-0.2, 0) is 16.1 Å². The molecule has 0 aliphatic heterocycles. The van der Waals surface area contributed by atoms with Gasteiger partial charge < -0.3 is 10.4 Å². The minimum absolute atomic E-state index is 0.0357. The van der Waals surface area contributed by atoms with Crippen LogP contribution in [0.4, 0.5) is 0 Å². The number of para-hydroxylation sites is 1. The number of aryl methyl sites for hydroxylation is 2. The van der Waals surface area contributed by atoms with Gasteiger partial charge in [-0.2, -0.15) is 0 Å². The molecule has 144 valence electrons. The molecule has 1 aliphatic rings. The zero-order valence-electron chi connectivity index (χ0n) is 15.5. The number of aromatic nitrogens is 2. The Hall–Kier alpha value is -2.70. The van der Waals surface area contributed by atoms with E-state index in [-0.39, 0.29) is 24.4 Å². The van der Waals surface area contributed by atoms with Gasteiger partial charge in [-0.05, 0) is 31.4 Å². The van der Waals surface area contributed by atoms with Crippen LogP contribution in [0.25, 0.3) is 10.9 Å². The maximum absolute atomic E-state index is 12.6. The van der Waals surface area contributed by atoms with Crippen molar-refractivity contribution in [2.24, 2.45) is 0 Å². The van der Waals surface area contributed by atoms with Gasteiger partial charge in [0.1, 0.15) is 5.54 Å². The van der Waals surface area contributed by atoms with Crippen LogP contribution in [0, 0.1) is 6.92 Å². The second-order valence-corrected chi connectivity index (χ2v) is 7.31. The predicted molar refractivity (Wildman–Crippen MR) is 102 cm³/mol. The van der Waals surface area contributed by atoms with E-state index < -0.39 is 11.5 Å². The molecule has 27 heavy (non-hydrogen) atoms. The fraction of sp³-hybridized carbons (Fsp3) is 0.500. The first-order valence-corrected chi connectivity index (χ1v) is 9.42. The number of nitrogens with zero attached hydrogens (tertiary/aromatic N) is 2. The molecule has 1 aliphatic carbocycles. The number of carboxylic acid groups (broad SMARTS) is 1. The Bertz CT molecular complexity index is 911. The Morgan fingerprint density at radius 2 is 1.93 bits per heavy atom. The van der Waals surface area contributed by atoms with E-state index >= 15 is 0 Å². The minimum Gasteiger partial charge on any atom is -0.480 e. The van der Waals surface area contributed by atoms with E-state index in [4.69, 9.17) is 0 Å². The van der Waals surface area contributed by atoms with E-state index in [0.29, 0.717) is 23.7 Å². The lowest BCUT2D eigenvalue weighted by atomic mass is 9.90. The van der Waals surface area contributed by atoms with Gasteiger partial charge in [0, 0.05) is 13.0 Å². The second kappa shape index (κ2) is 7.90. The van der Waals surface area contributed by atoms with Gasteiger partial charge >= 0.3 is 5.97 Å². The van der Waals surface area contributed by atoms with Crippen molar-refractivity contribution in [3.8, 4) is 0 Å². The van der Waals surface area contributed by atoms with E-state index in [0.717, 1.165) is 31.2 Å². The molecule has 1 fully saturated rings. The summed E-state index contributed by atoms with van der Waals surface area (Å²) in [5, 5.41) is 12.9. The van der Waals surface area contributed by atoms with Crippen molar-refractivity contribution in [3.63, 3.8) is 0 Å². The van der Waals surface area contributed by atoms with Crippen LogP contribution in [0.2, 0.25) is 0 Å². The molecular weight excluding hydrogens is 346 g/mol. The molecule has 1 aromatic carbocycles. The third kappa shape index (κ3) is 4.02. The Kier molecular flexibility index (Phi) is 5.58. The van der Waals surface area contributed by atoms with Crippen molar-refractivity contribution in [3.05, 3.63) is 40.4 Å². The van der Waals surface area contributed by atoms with Gasteiger partial charge in [0.2, 0.25) is 5.91 Å². The van der Waals surface area contributed by atoms with E-state index in [9.17, 15) is 19.5 Å². The average Bonchev–Trinajstić information content (AvgIpc) is 2.88. The summed E-state index contributed by atoms with van der Waals surface area (Å²) in [6.07, 6.45) is 5.94. The molecule has 0 atom stereocenters. The van der Waals surface area contributed by atoms with Gasteiger partial charge in [-0.15, -0.1) is 0 Å². The first-order valence-electron chi connectivity index (χ1n) is 9.42. The first kappa shape index (κ1) is 19.1. The predicted octanol–water partition coefficient (Wildman–Crippen LogP) is 2.39. The second-order valence-electron chi connectivity index (χ2n) is 7.31. The van der Waals surface area contributed by atoms with Gasteiger partial charge in [-0.3, -0.25) is 14.2 Å². The van der Waals surface area contributed by atoms with Crippen molar-refractivity contribution in [1.29, 1.82) is 0 Å².